The fourth-order valence-electron chi connectivity index (χ4n) is 2.66. The van der Waals surface area contributed by atoms with Crippen molar-refractivity contribution in [2.24, 2.45) is 5.92 Å². The summed E-state index contributed by atoms with van der Waals surface area (Å²) < 4.78 is 0. The van der Waals surface area contributed by atoms with Crippen LogP contribution in [0.4, 0.5) is 5.69 Å². The first-order chi connectivity index (χ1) is 8.65. The maximum Gasteiger partial charge on any atom is 0.269 e. The van der Waals surface area contributed by atoms with Gasteiger partial charge in [0.15, 0.2) is 0 Å². The summed E-state index contributed by atoms with van der Waals surface area (Å²) in [6, 6.07) is 6.96. The van der Waals surface area contributed by atoms with E-state index in [9.17, 15) is 10.1 Å². The fraction of sp³-hybridized carbons (Fsp3) is 0.571. The molecule has 1 unspecified atom stereocenters. The summed E-state index contributed by atoms with van der Waals surface area (Å²) in [6.45, 7) is 2.40. The van der Waals surface area contributed by atoms with Gasteiger partial charge in [-0.3, -0.25) is 10.1 Å². The summed E-state index contributed by atoms with van der Waals surface area (Å²) in [4.78, 5) is 12.6. The van der Waals surface area contributed by atoms with E-state index >= 15 is 0 Å². The first-order valence-corrected chi connectivity index (χ1v) is 6.57. The van der Waals surface area contributed by atoms with Crippen LogP contribution in [-0.2, 0) is 6.42 Å². The van der Waals surface area contributed by atoms with Crippen LogP contribution in [0.1, 0.15) is 24.8 Å². The molecule has 1 aromatic rings. The topological polar surface area (TPSA) is 46.4 Å². The third-order valence-electron chi connectivity index (χ3n) is 3.71. The maximum atomic E-state index is 10.6. The Morgan fingerprint density at radius 2 is 2.11 bits per heavy atom. The zero-order valence-electron chi connectivity index (χ0n) is 10.8. The van der Waals surface area contributed by atoms with E-state index in [2.05, 4.69) is 11.9 Å². The van der Waals surface area contributed by atoms with Gasteiger partial charge < -0.3 is 4.90 Å². The van der Waals surface area contributed by atoms with Crippen LogP contribution in [0.3, 0.4) is 0 Å². The number of nitro groups is 1. The molecule has 1 heterocycles. The molecule has 4 nitrogen and oxygen atoms in total. The minimum absolute atomic E-state index is 0.177. The number of nitrogens with zero attached hydrogens (tertiary/aromatic N) is 2. The highest BCUT2D eigenvalue weighted by molar-refractivity contribution is 5.32. The van der Waals surface area contributed by atoms with Gasteiger partial charge in [-0.05, 0) is 50.8 Å². The number of likely N-dealkylation sites (tertiary alicyclic amines) is 1. The third kappa shape index (κ3) is 3.53. The Kier molecular flexibility index (Phi) is 4.31. The Morgan fingerprint density at radius 3 is 2.72 bits per heavy atom. The lowest BCUT2D eigenvalue weighted by Crippen LogP contribution is -2.32. The van der Waals surface area contributed by atoms with Gasteiger partial charge in [0, 0.05) is 18.7 Å². The monoisotopic (exact) mass is 248 g/mol. The lowest BCUT2D eigenvalue weighted by molar-refractivity contribution is -0.384. The number of aryl methyl sites for hydroxylation is 1. The van der Waals surface area contributed by atoms with Gasteiger partial charge in [0.05, 0.1) is 4.92 Å². The molecule has 1 aromatic carbocycles. The van der Waals surface area contributed by atoms with Crippen LogP contribution < -0.4 is 0 Å². The molecule has 0 aliphatic carbocycles. The molecule has 1 atom stereocenters. The van der Waals surface area contributed by atoms with E-state index in [1.165, 1.54) is 37.9 Å². The van der Waals surface area contributed by atoms with Crippen molar-refractivity contribution in [2.75, 3.05) is 20.1 Å². The van der Waals surface area contributed by atoms with Gasteiger partial charge in [-0.15, -0.1) is 0 Å². The van der Waals surface area contributed by atoms with Crippen molar-refractivity contribution >= 4 is 5.69 Å². The smallest absolute Gasteiger partial charge is 0.269 e. The average Bonchev–Trinajstić information content (AvgIpc) is 2.37. The van der Waals surface area contributed by atoms with Gasteiger partial charge in [-0.25, -0.2) is 0 Å². The molecule has 0 bridgehead atoms. The van der Waals surface area contributed by atoms with Crippen LogP contribution in [0.15, 0.2) is 24.3 Å². The predicted octanol–water partition coefficient (Wildman–Crippen LogP) is 2.87. The Labute approximate surface area is 108 Å². The van der Waals surface area contributed by atoms with Crippen molar-refractivity contribution in [2.45, 2.75) is 25.7 Å². The van der Waals surface area contributed by atoms with Crippen molar-refractivity contribution in [1.29, 1.82) is 0 Å². The summed E-state index contributed by atoms with van der Waals surface area (Å²) in [5.74, 6) is 0.777. The van der Waals surface area contributed by atoms with Crippen LogP contribution in [0.2, 0.25) is 0 Å². The van der Waals surface area contributed by atoms with Gasteiger partial charge in [0.1, 0.15) is 0 Å². The van der Waals surface area contributed by atoms with E-state index in [0.29, 0.717) is 0 Å². The van der Waals surface area contributed by atoms with Crippen molar-refractivity contribution in [3.05, 3.63) is 39.9 Å². The standard InChI is InChI=1S/C14H20N2O2/c1-15-10-2-3-13(11-15)5-4-12-6-8-14(9-7-12)16(17)18/h6-9,13H,2-5,10-11H2,1H3. The highest BCUT2D eigenvalue weighted by Gasteiger charge is 2.16. The highest BCUT2D eigenvalue weighted by Crippen LogP contribution is 2.21. The van der Waals surface area contributed by atoms with Crippen LogP contribution in [-0.4, -0.2) is 30.0 Å². The van der Waals surface area contributed by atoms with Gasteiger partial charge in [0.2, 0.25) is 0 Å². The predicted molar refractivity (Wildman–Crippen MR) is 71.6 cm³/mol. The van der Waals surface area contributed by atoms with Crippen LogP contribution in [0, 0.1) is 16.0 Å². The van der Waals surface area contributed by atoms with E-state index in [0.717, 1.165) is 12.3 Å². The first-order valence-electron chi connectivity index (χ1n) is 6.57. The number of hydrogen-bond acceptors (Lipinski definition) is 3. The van der Waals surface area contributed by atoms with E-state index < -0.39 is 0 Å². The Bertz CT molecular complexity index is 403. The Balaban J connectivity index is 1.84. The van der Waals surface area contributed by atoms with E-state index in [1.807, 2.05) is 12.1 Å². The van der Waals surface area contributed by atoms with Gasteiger partial charge in [-0.1, -0.05) is 12.1 Å². The lowest BCUT2D eigenvalue weighted by atomic mass is 9.92. The second-order valence-electron chi connectivity index (χ2n) is 5.23. The number of nitro benzene ring substituents is 1. The SMILES string of the molecule is CN1CCCC(CCc2ccc([N+](=O)[O-])cc2)C1. The largest absolute Gasteiger partial charge is 0.306 e. The van der Waals surface area contributed by atoms with Crippen molar-refractivity contribution in [1.82, 2.24) is 4.90 Å². The molecule has 0 amide bonds. The molecule has 0 spiro atoms. The Morgan fingerprint density at radius 1 is 1.39 bits per heavy atom. The molecule has 2 rings (SSSR count). The van der Waals surface area contributed by atoms with E-state index in [-0.39, 0.29) is 10.6 Å². The summed E-state index contributed by atoms with van der Waals surface area (Å²) in [5, 5.41) is 10.6. The second kappa shape index (κ2) is 5.96. The molecule has 1 saturated heterocycles. The Hall–Kier alpha value is -1.42. The van der Waals surface area contributed by atoms with Crippen LogP contribution >= 0.6 is 0 Å². The van der Waals surface area contributed by atoms with Crippen LogP contribution in [0.25, 0.3) is 0 Å². The summed E-state index contributed by atoms with van der Waals surface area (Å²) in [7, 11) is 2.18. The van der Waals surface area contributed by atoms with Gasteiger partial charge in [0.25, 0.3) is 5.69 Å². The zero-order valence-corrected chi connectivity index (χ0v) is 10.8. The number of rotatable bonds is 4. The summed E-state index contributed by atoms with van der Waals surface area (Å²) >= 11 is 0. The zero-order chi connectivity index (χ0) is 13.0. The number of non-ortho nitro benzene ring substituents is 1. The minimum Gasteiger partial charge on any atom is -0.306 e. The lowest BCUT2D eigenvalue weighted by Gasteiger charge is -2.29. The molecule has 98 valence electrons. The maximum absolute atomic E-state index is 10.6. The van der Waals surface area contributed by atoms with Gasteiger partial charge >= 0.3 is 0 Å². The van der Waals surface area contributed by atoms with Crippen LogP contribution in [0.5, 0.6) is 0 Å². The molecule has 0 radical (unpaired) electrons. The number of benzene rings is 1. The normalized spacial score (nSPS) is 20.8. The molecule has 0 aromatic heterocycles. The van der Waals surface area contributed by atoms with Crippen molar-refractivity contribution in [3.63, 3.8) is 0 Å². The number of piperidine rings is 1. The third-order valence-corrected chi connectivity index (χ3v) is 3.71. The number of hydrogen-bond donors (Lipinski definition) is 0. The fourth-order valence-corrected chi connectivity index (χ4v) is 2.66. The molecular weight excluding hydrogens is 228 g/mol. The summed E-state index contributed by atoms with van der Waals surface area (Å²) in [5.41, 5.74) is 1.38. The molecule has 18 heavy (non-hydrogen) atoms. The quantitative estimate of drug-likeness (QED) is 0.608. The molecule has 0 saturated carbocycles. The van der Waals surface area contributed by atoms with Gasteiger partial charge in [-0.2, -0.15) is 0 Å². The van der Waals surface area contributed by atoms with E-state index in [1.54, 1.807) is 12.1 Å². The minimum atomic E-state index is -0.347. The first kappa shape index (κ1) is 13.0. The van der Waals surface area contributed by atoms with E-state index in [4.69, 9.17) is 0 Å². The average molecular weight is 248 g/mol. The highest BCUT2D eigenvalue weighted by atomic mass is 16.6. The molecule has 0 N–H and O–H groups in total. The second-order valence-corrected chi connectivity index (χ2v) is 5.23. The summed E-state index contributed by atoms with van der Waals surface area (Å²) in [6.07, 6.45) is 4.82. The molecular formula is C14H20N2O2. The van der Waals surface area contributed by atoms with Crippen molar-refractivity contribution in [3.8, 4) is 0 Å². The molecule has 4 heteroatoms. The van der Waals surface area contributed by atoms with Crippen molar-refractivity contribution < 1.29 is 4.92 Å². The molecule has 1 aliphatic heterocycles. The molecule has 1 fully saturated rings. The molecule has 1 aliphatic rings.